The topological polar surface area (TPSA) is 69.4 Å². The molecule has 1 amide bonds. The summed E-state index contributed by atoms with van der Waals surface area (Å²) in [4.78, 5) is 11.8. The molecule has 22 heavy (non-hydrogen) atoms. The number of hydrogen-bond acceptors (Lipinski definition) is 3. The van der Waals surface area contributed by atoms with Gasteiger partial charge in [-0.1, -0.05) is 18.2 Å². The minimum absolute atomic E-state index is 0.300. The number of aryl methyl sites for hydroxylation is 2. The Bertz CT molecular complexity index is 773. The zero-order valence-electron chi connectivity index (χ0n) is 12.5. The van der Waals surface area contributed by atoms with Gasteiger partial charge >= 0.3 is 0 Å². The summed E-state index contributed by atoms with van der Waals surface area (Å²) < 4.78 is 11.6. The minimum atomic E-state index is -0.466. The average molecular weight is 295 g/mol. The van der Waals surface area contributed by atoms with E-state index in [4.69, 9.17) is 14.6 Å². The fourth-order valence-corrected chi connectivity index (χ4v) is 2.64. The molecule has 2 heterocycles. The van der Waals surface area contributed by atoms with Crippen molar-refractivity contribution in [2.24, 2.45) is 5.73 Å². The van der Waals surface area contributed by atoms with Crippen molar-refractivity contribution < 1.29 is 13.6 Å². The Kier molecular flexibility index (Phi) is 3.59. The van der Waals surface area contributed by atoms with Crippen LogP contribution in [-0.2, 0) is 0 Å². The van der Waals surface area contributed by atoms with E-state index in [0.29, 0.717) is 5.56 Å². The van der Waals surface area contributed by atoms with Gasteiger partial charge in [0.05, 0.1) is 0 Å². The van der Waals surface area contributed by atoms with Gasteiger partial charge in [0.2, 0.25) is 5.91 Å². The quantitative estimate of drug-likeness (QED) is 0.796. The largest absolute Gasteiger partial charge is 0.465 e. The summed E-state index contributed by atoms with van der Waals surface area (Å²) >= 11 is 0. The smallest absolute Gasteiger partial charge is 0.249 e. The van der Waals surface area contributed by atoms with E-state index in [1.54, 1.807) is 12.1 Å². The zero-order chi connectivity index (χ0) is 15.7. The lowest BCUT2D eigenvalue weighted by Crippen LogP contribution is -2.16. The number of carbonyl (C=O) groups excluding carboxylic acids is 1. The second-order valence-electron chi connectivity index (χ2n) is 5.28. The molecule has 4 nitrogen and oxygen atoms in total. The molecule has 0 aliphatic rings. The summed E-state index contributed by atoms with van der Waals surface area (Å²) in [7, 11) is 0. The van der Waals surface area contributed by atoms with E-state index in [0.717, 1.165) is 28.6 Å². The second-order valence-corrected chi connectivity index (χ2v) is 5.28. The maximum Gasteiger partial charge on any atom is 0.249 e. The van der Waals surface area contributed by atoms with Crippen LogP contribution in [0.15, 0.2) is 57.4 Å². The van der Waals surface area contributed by atoms with Gasteiger partial charge in [0.15, 0.2) is 0 Å². The van der Waals surface area contributed by atoms with Gasteiger partial charge in [0.1, 0.15) is 29.0 Å². The molecule has 0 aliphatic carbocycles. The predicted octanol–water partition coefficient (Wildman–Crippen LogP) is 3.77. The van der Waals surface area contributed by atoms with E-state index in [1.807, 2.05) is 50.2 Å². The fourth-order valence-electron chi connectivity index (χ4n) is 2.64. The molecule has 0 bridgehead atoms. The summed E-state index contributed by atoms with van der Waals surface area (Å²) in [5.74, 6) is 2.29. The van der Waals surface area contributed by atoms with Gasteiger partial charge in [-0.25, -0.2) is 0 Å². The lowest BCUT2D eigenvalue weighted by molar-refractivity contribution is 0.0999. The number of nitrogens with two attached hydrogens (primary N) is 1. The third kappa shape index (κ3) is 2.55. The summed E-state index contributed by atoms with van der Waals surface area (Å²) in [6.07, 6.45) is 0. The normalized spacial score (nSPS) is 11.0. The highest BCUT2D eigenvalue weighted by Crippen LogP contribution is 2.35. The highest BCUT2D eigenvalue weighted by atomic mass is 16.4. The SMILES string of the molecule is Cc1ccc(C(c2ccc(C)o2)c2ccccc2C(N)=O)o1. The maximum atomic E-state index is 11.8. The van der Waals surface area contributed by atoms with Crippen LogP contribution in [0.25, 0.3) is 0 Å². The van der Waals surface area contributed by atoms with Crippen LogP contribution < -0.4 is 5.73 Å². The number of rotatable bonds is 4. The van der Waals surface area contributed by atoms with E-state index in [-0.39, 0.29) is 5.92 Å². The molecule has 3 rings (SSSR count). The van der Waals surface area contributed by atoms with Crippen LogP contribution in [0.5, 0.6) is 0 Å². The second kappa shape index (κ2) is 5.56. The molecular weight excluding hydrogens is 278 g/mol. The summed E-state index contributed by atoms with van der Waals surface area (Å²) in [6, 6.07) is 14.8. The van der Waals surface area contributed by atoms with Gasteiger partial charge in [-0.15, -0.1) is 0 Å². The maximum absolute atomic E-state index is 11.8. The van der Waals surface area contributed by atoms with E-state index < -0.39 is 5.91 Å². The standard InChI is InChI=1S/C18H17NO3/c1-11-7-9-15(21-11)17(16-10-8-12(2)22-16)13-5-3-4-6-14(13)18(19)20/h3-10,17H,1-2H3,(H2,19,20). The van der Waals surface area contributed by atoms with Gasteiger partial charge in [0, 0.05) is 5.56 Å². The molecule has 0 spiro atoms. The van der Waals surface area contributed by atoms with Crippen LogP contribution >= 0.6 is 0 Å². The van der Waals surface area contributed by atoms with E-state index in [9.17, 15) is 4.79 Å². The monoisotopic (exact) mass is 295 g/mol. The molecule has 0 atom stereocenters. The Morgan fingerprint density at radius 3 is 1.91 bits per heavy atom. The molecule has 1 aromatic carbocycles. The van der Waals surface area contributed by atoms with Crippen LogP contribution in [0.4, 0.5) is 0 Å². The molecule has 112 valence electrons. The number of amides is 1. The third-order valence-corrected chi connectivity index (χ3v) is 3.63. The Hall–Kier alpha value is -2.75. The molecule has 0 aliphatic heterocycles. The molecule has 3 aromatic rings. The number of carbonyl (C=O) groups is 1. The van der Waals surface area contributed by atoms with E-state index >= 15 is 0 Å². The minimum Gasteiger partial charge on any atom is -0.465 e. The van der Waals surface area contributed by atoms with Crippen molar-refractivity contribution in [3.8, 4) is 0 Å². The first kappa shape index (κ1) is 14.2. The van der Waals surface area contributed by atoms with Crippen molar-refractivity contribution in [2.45, 2.75) is 19.8 Å². The van der Waals surface area contributed by atoms with Gasteiger partial charge in [-0.3, -0.25) is 4.79 Å². The van der Waals surface area contributed by atoms with Crippen LogP contribution in [0, 0.1) is 13.8 Å². The van der Waals surface area contributed by atoms with Gasteiger partial charge in [0.25, 0.3) is 0 Å². The predicted molar refractivity (Wildman–Crippen MR) is 82.8 cm³/mol. The average Bonchev–Trinajstić information content (AvgIpc) is 3.09. The lowest BCUT2D eigenvalue weighted by Gasteiger charge is -2.15. The number of benzene rings is 1. The van der Waals surface area contributed by atoms with Crippen molar-refractivity contribution in [3.05, 3.63) is 82.7 Å². The Morgan fingerprint density at radius 1 is 0.909 bits per heavy atom. The molecular formula is C18H17NO3. The summed E-state index contributed by atoms with van der Waals surface area (Å²) in [5.41, 5.74) is 6.76. The van der Waals surface area contributed by atoms with Crippen LogP contribution in [0.2, 0.25) is 0 Å². The molecule has 4 heteroatoms. The van der Waals surface area contributed by atoms with Gasteiger partial charge in [-0.05, 0) is 49.7 Å². The van der Waals surface area contributed by atoms with Crippen molar-refractivity contribution in [1.82, 2.24) is 0 Å². The Labute approximate surface area is 128 Å². The molecule has 0 saturated carbocycles. The van der Waals surface area contributed by atoms with Crippen LogP contribution in [-0.4, -0.2) is 5.91 Å². The van der Waals surface area contributed by atoms with Crippen LogP contribution in [0.3, 0.4) is 0 Å². The first-order chi connectivity index (χ1) is 10.6. The Balaban J connectivity index is 2.20. The van der Waals surface area contributed by atoms with Crippen molar-refractivity contribution in [2.75, 3.05) is 0 Å². The molecule has 0 saturated heterocycles. The molecule has 0 unspecified atom stereocenters. The first-order valence-corrected chi connectivity index (χ1v) is 7.07. The molecule has 0 fully saturated rings. The highest BCUT2D eigenvalue weighted by Gasteiger charge is 2.26. The molecule has 2 N–H and O–H groups in total. The van der Waals surface area contributed by atoms with Crippen LogP contribution in [0.1, 0.15) is 44.9 Å². The number of primary amides is 1. The van der Waals surface area contributed by atoms with Crippen molar-refractivity contribution >= 4 is 5.91 Å². The summed E-state index contributed by atoms with van der Waals surface area (Å²) in [6.45, 7) is 3.77. The first-order valence-electron chi connectivity index (χ1n) is 7.07. The number of hydrogen-bond donors (Lipinski definition) is 1. The lowest BCUT2D eigenvalue weighted by atomic mass is 9.90. The molecule has 0 radical (unpaired) electrons. The highest BCUT2D eigenvalue weighted by molar-refractivity contribution is 5.94. The van der Waals surface area contributed by atoms with Crippen molar-refractivity contribution in [3.63, 3.8) is 0 Å². The van der Waals surface area contributed by atoms with Gasteiger partial charge < -0.3 is 14.6 Å². The number of furan rings is 2. The third-order valence-electron chi connectivity index (χ3n) is 3.63. The van der Waals surface area contributed by atoms with E-state index in [1.165, 1.54) is 0 Å². The fraction of sp³-hybridized carbons (Fsp3) is 0.167. The zero-order valence-corrected chi connectivity index (χ0v) is 12.5. The Morgan fingerprint density at radius 2 is 1.45 bits per heavy atom. The summed E-state index contributed by atoms with van der Waals surface area (Å²) in [5, 5.41) is 0. The van der Waals surface area contributed by atoms with Crippen molar-refractivity contribution in [1.29, 1.82) is 0 Å². The van der Waals surface area contributed by atoms with E-state index in [2.05, 4.69) is 0 Å². The molecule has 2 aromatic heterocycles. The van der Waals surface area contributed by atoms with Gasteiger partial charge in [-0.2, -0.15) is 0 Å².